The van der Waals surface area contributed by atoms with E-state index in [1.54, 1.807) is 22.5 Å². The highest BCUT2D eigenvalue weighted by Crippen LogP contribution is 2.30. The van der Waals surface area contributed by atoms with Gasteiger partial charge in [0.25, 0.3) is 5.91 Å². The minimum atomic E-state index is -1.16. The number of hydrogen-bond donors (Lipinski definition) is 2. The third-order valence-electron chi connectivity index (χ3n) is 6.52. The molecular weight excluding hydrogens is 525 g/mol. The molecule has 0 fully saturated rings. The van der Waals surface area contributed by atoms with Gasteiger partial charge in [0.15, 0.2) is 0 Å². The van der Waals surface area contributed by atoms with Crippen molar-refractivity contribution in [3.05, 3.63) is 105 Å². The highest BCUT2D eigenvalue weighted by atomic mass is 35.5. The van der Waals surface area contributed by atoms with E-state index in [0.717, 1.165) is 5.56 Å². The van der Waals surface area contributed by atoms with E-state index in [0.29, 0.717) is 34.8 Å². The normalized spacial score (nSPS) is 11.9. The van der Waals surface area contributed by atoms with Crippen molar-refractivity contribution in [2.75, 3.05) is 13.1 Å². The largest absolute Gasteiger partial charge is 0.465 e. The molecule has 4 aromatic rings. The highest BCUT2D eigenvalue weighted by molar-refractivity contribution is 6.34. The summed E-state index contributed by atoms with van der Waals surface area (Å²) in [6.07, 6.45) is -0.395. The Morgan fingerprint density at radius 1 is 1.15 bits per heavy atom. The number of carboxylic acid groups (broad SMARTS) is 1. The summed E-state index contributed by atoms with van der Waals surface area (Å²) in [6, 6.07) is 15.9. The summed E-state index contributed by atoms with van der Waals surface area (Å²) >= 11 is 6.52. The first kappa shape index (κ1) is 27.8. The topological polar surface area (TPSA) is 109 Å². The third kappa shape index (κ3) is 6.12. The minimum Gasteiger partial charge on any atom is -0.465 e. The van der Waals surface area contributed by atoms with Gasteiger partial charge in [-0.3, -0.25) is 9.36 Å². The standard InChI is InChI=1S/C28H29ClFN5O4/c1-3-22(33(15-7-14-31-27(37)38)26(36)20-10-12-21(30)13-11-20)23-16-24-25(29)18(2)32-35(24)28(39)34(23)17-19-8-5-4-6-9-19/h4-6,8-13,16,22,31H,3,7,14-15,17H2,1-2H3,(H,37,38). The van der Waals surface area contributed by atoms with Crippen molar-refractivity contribution in [1.82, 2.24) is 24.4 Å². The van der Waals surface area contributed by atoms with Gasteiger partial charge in [0.05, 0.1) is 28.8 Å². The number of carbonyl (C=O) groups is 2. The quantitative estimate of drug-likeness (QED) is 0.272. The van der Waals surface area contributed by atoms with Crippen LogP contribution in [0.4, 0.5) is 9.18 Å². The summed E-state index contributed by atoms with van der Waals surface area (Å²) in [5.41, 5.74) is 2.25. The van der Waals surface area contributed by atoms with Gasteiger partial charge in [-0.15, -0.1) is 0 Å². The molecule has 2 aromatic carbocycles. The van der Waals surface area contributed by atoms with E-state index in [4.69, 9.17) is 16.7 Å². The van der Waals surface area contributed by atoms with Crippen molar-refractivity contribution < 1.29 is 19.1 Å². The molecule has 39 heavy (non-hydrogen) atoms. The van der Waals surface area contributed by atoms with E-state index >= 15 is 0 Å². The summed E-state index contributed by atoms with van der Waals surface area (Å²) in [6.45, 7) is 4.16. The van der Waals surface area contributed by atoms with Crippen LogP contribution in [0.5, 0.6) is 0 Å². The van der Waals surface area contributed by atoms with Crippen LogP contribution in [0.15, 0.2) is 65.5 Å². The van der Waals surface area contributed by atoms with Gasteiger partial charge in [0.1, 0.15) is 5.82 Å². The number of aryl methyl sites for hydroxylation is 1. The van der Waals surface area contributed by atoms with Gasteiger partial charge >= 0.3 is 11.8 Å². The number of nitrogens with one attached hydrogen (secondary N) is 1. The molecule has 11 heteroatoms. The van der Waals surface area contributed by atoms with Gasteiger partial charge in [0, 0.05) is 24.3 Å². The van der Waals surface area contributed by atoms with E-state index in [-0.39, 0.29) is 31.1 Å². The molecular formula is C28H29ClFN5O4. The highest BCUT2D eigenvalue weighted by Gasteiger charge is 2.29. The maximum atomic E-state index is 13.8. The van der Waals surface area contributed by atoms with Crippen LogP contribution in [0, 0.1) is 12.7 Å². The molecule has 0 saturated heterocycles. The molecule has 0 spiro atoms. The molecule has 2 N–H and O–H groups in total. The molecule has 204 valence electrons. The Bertz CT molecular complexity index is 1540. The fraction of sp³-hybridized carbons (Fsp3) is 0.286. The Balaban J connectivity index is 1.85. The molecule has 2 heterocycles. The molecule has 0 radical (unpaired) electrons. The number of amides is 2. The lowest BCUT2D eigenvalue weighted by Crippen LogP contribution is -2.40. The maximum absolute atomic E-state index is 13.8. The van der Waals surface area contributed by atoms with Crippen molar-refractivity contribution in [2.45, 2.75) is 39.3 Å². The monoisotopic (exact) mass is 553 g/mol. The third-order valence-corrected chi connectivity index (χ3v) is 6.99. The van der Waals surface area contributed by atoms with Gasteiger partial charge in [0.2, 0.25) is 0 Å². The first-order valence-corrected chi connectivity index (χ1v) is 12.9. The van der Waals surface area contributed by atoms with Crippen LogP contribution >= 0.6 is 11.6 Å². The van der Waals surface area contributed by atoms with E-state index in [1.807, 2.05) is 37.3 Å². The summed E-state index contributed by atoms with van der Waals surface area (Å²) in [7, 11) is 0. The summed E-state index contributed by atoms with van der Waals surface area (Å²) in [5.74, 6) is -0.838. The first-order chi connectivity index (χ1) is 18.7. The number of halogens is 2. The lowest BCUT2D eigenvalue weighted by Gasteiger charge is -2.33. The van der Waals surface area contributed by atoms with Crippen molar-refractivity contribution in [1.29, 1.82) is 0 Å². The number of rotatable bonds is 10. The zero-order valence-electron chi connectivity index (χ0n) is 21.6. The number of carbonyl (C=O) groups excluding carboxylic acids is 1. The zero-order chi connectivity index (χ0) is 28.1. The van der Waals surface area contributed by atoms with Crippen LogP contribution < -0.4 is 11.0 Å². The predicted octanol–water partition coefficient (Wildman–Crippen LogP) is 4.90. The Morgan fingerprint density at radius 2 is 1.85 bits per heavy atom. The fourth-order valence-corrected chi connectivity index (χ4v) is 4.80. The predicted molar refractivity (Wildman–Crippen MR) is 146 cm³/mol. The molecule has 1 unspecified atom stereocenters. The zero-order valence-corrected chi connectivity index (χ0v) is 22.4. The maximum Gasteiger partial charge on any atom is 0.404 e. The smallest absolute Gasteiger partial charge is 0.404 e. The van der Waals surface area contributed by atoms with Gasteiger partial charge < -0.3 is 15.3 Å². The van der Waals surface area contributed by atoms with E-state index < -0.39 is 23.6 Å². The Hall–Kier alpha value is -4.18. The van der Waals surface area contributed by atoms with E-state index in [2.05, 4.69) is 10.4 Å². The van der Waals surface area contributed by atoms with Crippen molar-refractivity contribution >= 4 is 29.1 Å². The lowest BCUT2D eigenvalue weighted by atomic mass is 10.0. The second-order valence-corrected chi connectivity index (χ2v) is 9.51. The minimum absolute atomic E-state index is 0.127. The van der Waals surface area contributed by atoms with Crippen LogP contribution in [0.1, 0.15) is 53.1 Å². The van der Waals surface area contributed by atoms with Crippen LogP contribution in [0.2, 0.25) is 5.02 Å². The molecule has 0 aliphatic rings. The Labute approximate surface area is 229 Å². The molecule has 0 bridgehead atoms. The van der Waals surface area contributed by atoms with Crippen molar-refractivity contribution in [2.24, 2.45) is 0 Å². The fourth-order valence-electron chi connectivity index (χ4n) is 4.63. The molecule has 2 amide bonds. The Kier molecular flexibility index (Phi) is 8.65. The van der Waals surface area contributed by atoms with Crippen molar-refractivity contribution in [3.63, 3.8) is 0 Å². The van der Waals surface area contributed by atoms with Gasteiger partial charge in [-0.25, -0.2) is 14.0 Å². The average Bonchev–Trinajstić information content (AvgIpc) is 3.21. The van der Waals surface area contributed by atoms with Gasteiger partial charge in [-0.05, 0) is 55.7 Å². The molecule has 0 aliphatic heterocycles. The van der Waals surface area contributed by atoms with Crippen molar-refractivity contribution in [3.8, 4) is 0 Å². The van der Waals surface area contributed by atoms with Gasteiger partial charge in [-0.2, -0.15) is 9.61 Å². The van der Waals surface area contributed by atoms with Crippen LogP contribution in [0.3, 0.4) is 0 Å². The Morgan fingerprint density at radius 3 is 2.49 bits per heavy atom. The SMILES string of the molecule is CCC(c1cc2c(Cl)c(C)nn2c(=O)n1Cc1ccccc1)N(CCCNC(=O)O)C(=O)c1ccc(F)cc1. The number of aromatic nitrogens is 3. The molecule has 2 aromatic heterocycles. The first-order valence-electron chi connectivity index (χ1n) is 12.6. The second kappa shape index (κ2) is 12.1. The number of fused-ring (bicyclic) bond motifs is 1. The van der Waals surface area contributed by atoms with Crippen LogP contribution in [-0.2, 0) is 6.54 Å². The molecule has 4 rings (SSSR count). The van der Waals surface area contributed by atoms with Crippen LogP contribution in [-0.4, -0.2) is 49.3 Å². The van der Waals surface area contributed by atoms with Gasteiger partial charge in [-0.1, -0.05) is 48.9 Å². The molecule has 0 saturated carbocycles. The molecule has 0 aliphatic carbocycles. The van der Waals surface area contributed by atoms with E-state index in [9.17, 15) is 18.8 Å². The summed E-state index contributed by atoms with van der Waals surface area (Å²) < 4.78 is 16.5. The lowest BCUT2D eigenvalue weighted by molar-refractivity contribution is 0.0659. The molecule has 1 atom stereocenters. The van der Waals surface area contributed by atoms with E-state index in [1.165, 1.54) is 28.8 Å². The summed E-state index contributed by atoms with van der Waals surface area (Å²) in [4.78, 5) is 40.1. The van der Waals surface area contributed by atoms with Crippen LogP contribution in [0.25, 0.3) is 5.52 Å². The second-order valence-electron chi connectivity index (χ2n) is 9.13. The number of benzene rings is 2. The molecule has 9 nitrogen and oxygen atoms in total. The summed E-state index contributed by atoms with van der Waals surface area (Å²) in [5, 5.41) is 16.0. The number of nitrogens with zero attached hydrogens (tertiary/aromatic N) is 4. The number of hydrogen-bond acceptors (Lipinski definition) is 4. The average molecular weight is 554 g/mol.